The number of nitrogens with zero attached hydrogens (tertiary/aromatic N) is 1. The van der Waals surface area contributed by atoms with Gasteiger partial charge in [0.1, 0.15) is 12.6 Å². The average Bonchev–Trinajstić information content (AvgIpc) is 2.36. The standard InChI is InChI=1S/C11H24NO8P/c1-5-10(14)11(6-12(2,3)4)20-21(16,17)18-8-9(7-13)19-15/h9,11,13H,5-8H2,1-4H3,(H-,15,16,17)/t9-,11?/m1/s1. The van der Waals surface area contributed by atoms with E-state index in [0.717, 1.165) is 0 Å². The van der Waals surface area contributed by atoms with Crippen LogP contribution in [0.25, 0.3) is 0 Å². The topological polar surface area (TPSA) is 125 Å². The minimum absolute atomic E-state index is 0.129. The highest BCUT2D eigenvalue weighted by molar-refractivity contribution is 7.45. The van der Waals surface area contributed by atoms with Gasteiger partial charge >= 0.3 is 0 Å². The van der Waals surface area contributed by atoms with Crippen LogP contribution in [0.15, 0.2) is 0 Å². The van der Waals surface area contributed by atoms with Crippen LogP contribution in [0.2, 0.25) is 0 Å². The van der Waals surface area contributed by atoms with Gasteiger partial charge < -0.3 is 23.5 Å². The lowest BCUT2D eigenvalue weighted by Gasteiger charge is -2.32. The molecule has 0 aliphatic heterocycles. The van der Waals surface area contributed by atoms with Crippen molar-refractivity contribution in [2.24, 2.45) is 0 Å². The molecule has 0 spiro atoms. The molecule has 0 radical (unpaired) electrons. The Bertz CT molecular complexity index is 366. The van der Waals surface area contributed by atoms with Crippen LogP contribution < -0.4 is 4.89 Å². The summed E-state index contributed by atoms with van der Waals surface area (Å²) in [5, 5.41) is 17.1. The summed E-state index contributed by atoms with van der Waals surface area (Å²) in [5.74, 6) is -0.361. The predicted molar refractivity (Wildman–Crippen MR) is 71.2 cm³/mol. The van der Waals surface area contributed by atoms with Crippen LogP contribution in [0.3, 0.4) is 0 Å². The fraction of sp³-hybridized carbons (Fsp3) is 0.909. The maximum atomic E-state index is 11.8. The smallest absolute Gasteiger partial charge is 0.268 e. The number of likely N-dealkylation sites (N-methyl/N-ethyl adjacent to an activating group) is 1. The molecule has 3 atom stereocenters. The van der Waals surface area contributed by atoms with Crippen LogP contribution in [-0.4, -0.2) is 73.7 Å². The van der Waals surface area contributed by atoms with E-state index in [-0.39, 0.29) is 18.7 Å². The fourth-order valence-corrected chi connectivity index (χ4v) is 2.30. The molecule has 0 aliphatic carbocycles. The number of aliphatic hydroxyl groups is 1. The minimum Gasteiger partial charge on any atom is -0.756 e. The zero-order valence-electron chi connectivity index (χ0n) is 12.7. The van der Waals surface area contributed by atoms with Gasteiger partial charge in [-0.05, 0) is 0 Å². The van der Waals surface area contributed by atoms with Gasteiger partial charge in [-0.25, -0.2) is 4.89 Å². The van der Waals surface area contributed by atoms with Gasteiger partial charge in [-0.1, -0.05) is 6.92 Å². The predicted octanol–water partition coefficient (Wildman–Crippen LogP) is -0.608. The molecule has 0 aromatic rings. The molecule has 0 heterocycles. The highest BCUT2D eigenvalue weighted by Crippen LogP contribution is 2.40. The molecule has 0 amide bonds. The second-order valence-electron chi connectivity index (χ2n) is 5.54. The largest absolute Gasteiger partial charge is 0.756 e. The number of aliphatic hydroxyl groups excluding tert-OH is 1. The van der Waals surface area contributed by atoms with Gasteiger partial charge in [-0.3, -0.25) is 14.6 Å². The number of phosphoric acid groups is 1. The Labute approximate surface area is 124 Å². The van der Waals surface area contributed by atoms with Crippen LogP contribution in [-0.2, 0) is 23.3 Å². The average molecular weight is 329 g/mol. The molecule has 21 heavy (non-hydrogen) atoms. The van der Waals surface area contributed by atoms with E-state index in [2.05, 4.69) is 9.41 Å². The van der Waals surface area contributed by atoms with Crippen LogP contribution in [0.4, 0.5) is 0 Å². The Morgan fingerprint density at radius 3 is 2.33 bits per heavy atom. The lowest BCUT2D eigenvalue weighted by atomic mass is 10.2. The third-order valence-electron chi connectivity index (χ3n) is 2.45. The van der Waals surface area contributed by atoms with E-state index in [1.54, 1.807) is 28.1 Å². The Morgan fingerprint density at radius 1 is 1.38 bits per heavy atom. The fourth-order valence-electron chi connectivity index (χ4n) is 1.40. The summed E-state index contributed by atoms with van der Waals surface area (Å²) >= 11 is 0. The molecule has 0 saturated heterocycles. The highest BCUT2D eigenvalue weighted by Gasteiger charge is 2.29. The van der Waals surface area contributed by atoms with Crippen LogP contribution in [0, 0.1) is 0 Å². The highest BCUT2D eigenvalue weighted by atomic mass is 31.2. The first kappa shape index (κ1) is 20.6. The number of phosphoric ester groups is 1. The van der Waals surface area contributed by atoms with Crippen molar-refractivity contribution in [3.63, 3.8) is 0 Å². The minimum atomic E-state index is -4.77. The Balaban J connectivity index is 4.73. The van der Waals surface area contributed by atoms with Crippen LogP contribution in [0.5, 0.6) is 0 Å². The summed E-state index contributed by atoms with van der Waals surface area (Å²) in [4.78, 5) is 27.2. The molecule has 0 bridgehead atoms. The lowest BCUT2D eigenvalue weighted by Crippen LogP contribution is -2.45. The second kappa shape index (κ2) is 8.92. The van der Waals surface area contributed by atoms with Crippen molar-refractivity contribution in [3.8, 4) is 0 Å². The number of hydrogen-bond donors (Lipinski definition) is 2. The van der Waals surface area contributed by atoms with E-state index in [0.29, 0.717) is 4.48 Å². The van der Waals surface area contributed by atoms with Crippen LogP contribution in [0.1, 0.15) is 13.3 Å². The molecule has 126 valence electrons. The summed E-state index contributed by atoms with van der Waals surface area (Å²) in [7, 11) is 0.602. The molecule has 0 aromatic carbocycles. The van der Waals surface area contributed by atoms with E-state index >= 15 is 0 Å². The van der Waals surface area contributed by atoms with Gasteiger partial charge in [0.2, 0.25) is 0 Å². The molecule has 0 aliphatic rings. The number of Topliss-reactive ketones (excluding diaryl/α,β-unsaturated/α-hetero) is 1. The third kappa shape index (κ3) is 9.28. The quantitative estimate of drug-likeness (QED) is 0.223. The summed E-state index contributed by atoms with van der Waals surface area (Å²) in [6, 6.07) is 0. The maximum absolute atomic E-state index is 11.8. The number of ketones is 1. The van der Waals surface area contributed by atoms with E-state index in [4.69, 9.17) is 14.9 Å². The SMILES string of the molecule is CCC(=O)C(C[N+](C)(C)C)OP(=O)([O-])OC[C@@H](CO)OO. The summed E-state index contributed by atoms with van der Waals surface area (Å²) < 4.78 is 21.3. The van der Waals surface area contributed by atoms with Crippen molar-refractivity contribution < 1.29 is 43.0 Å². The van der Waals surface area contributed by atoms with Crippen LogP contribution >= 0.6 is 7.82 Å². The lowest BCUT2D eigenvalue weighted by molar-refractivity contribution is -0.872. The second-order valence-corrected chi connectivity index (χ2v) is 6.90. The molecule has 2 unspecified atom stereocenters. The number of carbonyl (C=O) groups excluding carboxylic acids is 1. The first-order chi connectivity index (χ1) is 9.54. The van der Waals surface area contributed by atoms with Gasteiger partial charge in [-0.15, -0.1) is 0 Å². The summed E-state index contributed by atoms with van der Waals surface area (Å²) in [5.41, 5.74) is 0. The van der Waals surface area contributed by atoms with Crippen molar-refractivity contribution in [3.05, 3.63) is 0 Å². The Morgan fingerprint density at radius 2 is 1.95 bits per heavy atom. The van der Waals surface area contributed by atoms with Gasteiger partial charge in [-0.2, -0.15) is 0 Å². The first-order valence-electron chi connectivity index (χ1n) is 6.43. The Hall–Kier alpha value is -0.380. The molecular weight excluding hydrogens is 305 g/mol. The molecule has 0 rings (SSSR count). The van der Waals surface area contributed by atoms with E-state index < -0.39 is 33.2 Å². The number of carbonyl (C=O) groups is 1. The molecule has 2 N–H and O–H groups in total. The summed E-state index contributed by atoms with van der Waals surface area (Å²) in [6.07, 6.45) is -2.24. The zero-order valence-corrected chi connectivity index (χ0v) is 13.6. The molecule has 10 heteroatoms. The van der Waals surface area contributed by atoms with Gasteiger partial charge in [0, 0.05) is 6.42 Å². The van der Waals surface area contributed by atoms with E-state index in [9.17, 15) is 14.3 Å². The molecule has 0 aromatic heterocycles. The van der Waals surface area contributed by atoms with Crippen molar-refractivity contribution in [2.75, 3.05) is 40.9 Å². The molecule has 0 saturated carbocycles. The van der Waals surface area contributed by atoms with E-state index in [1.165, 1.54) is 0 Å². The summed E-state index contributed by atoms with van der Waals surface area (Å²) in [6.45, 7) is 0.506. The number of rotatable bonds is 11. The normalized spacial score (nSPS) is 18.0. The third-order valence-corrected chi connectivity index (χ3v) is 3.43. The zero-order chi connectivity index (χ0) is 16.7. The first-order valence-corrected chi connectivity index (χ1v) is 7.89. The van der Waals surface area contributed by atoms with Gasteiger partial charge in [0.15, 0.2) is 11.9 Å². The van der Waals surface area contributed by atoms with Crippen molar-refractivity contribution in [2.45, 2.75) is 25.6 Å². The number of quaternary nitrogens is 1. The molecule has 9 nitrogen and oxygen atoms in total. The number of hydrogen-bond acceptors (Lipinski definition) is 8. The van der Waals surface area contributed by atoms with Crippen molar-refractivity contribution >= 4 is 13.6 Å². The van der Waals surface area contributed by atoms with E-state index in [1.807, 2.05) is 0 Å². The Kier molecular flexibility index (Phi) is 8.76. The van der Waals surface area contributed by atoms with Crippen molar-refractivity contribution in [1.82, 2.24) is 0 Å². The van der Waals surface area contributed by atoms with Gasteiger partial charge in [0.05, 0.1) is 34.4 Å². The monoisotopic (exact) mass is 329 g/mol. The molecule has 0 fully saturated rings. The molecular formula is C11H24NO8P. The maximum Gasteiger partial charge on any atom is 0.268 e. The van der Waals surface area contributed by atoms with Crippen molar-refractivity contribution in [1.29, 1.82) is 0 Å². The van der Waals surface area contributed by atoms with Gasteiger partial charge in [0.25, 0.3) is 7.82 Å².